The van der Waals surface area contributed by atoms with Crippen molar-refractivity contribution in [3.63, 3.8) is 0 Å². The van der Waals surface area contributed by atoms with Crippen molar-refractivity contribution in [1.82, 2.24) is 0 Å². The number of carbonyl (C=O) groups is 2. The predicted octanol–water partition coefficient (Wildman–Crippen LogP) is 6.60. The minimum absolute atomic E-state index is 0.0713. The van der Waals surface area contributed by atoms with Gasteiger partial charge in [0.05, 0.1) is 14.2 Å². The van der Waals surface area contributed by atoms with Crippen LogP contribution < -0.4 is 0 Å². The van der Waals surface area contributed by atoms with Crippen molar-refractivity contribution in [3.05, 3.63) is 0 Å². The molecule has 0 amide bonds. The number of ether oxygens (including phenoxy) is 2. The molecule has 0 unspecified atom stereocenters. The van der Waals surface area contributed by atoms with Crippen LogP contribution in [0.15, 0.2) is 0 Å². The topological polar surface area (TPSA) is 52.6 Å². The zero-order chi connectivity index (χ0) is 19.9. The van der Waals surface area contributed by atoms with Crippen LogP contribution in [0.25, 0.3) is 0 Å². The van der Waals surface area contributed by atoms with Gasteiger partial charge in [-0.3, -0.25) is 9.59 Å². The first-order chi connectivity index (χ1) is 12.6. The van der Waals surface area contributed by atoms with Gasteiger partial charge in [-0.25, -0.2) is 0 Å². The Bertz CT molecular complexity index is 303. The molecule has 0 aliphatic rings. The van der Waals surface area contributed by atoms with Crippen molar-refractivity contribution in [1.29, 1.82) is 0 Å². The largest absolute Gasteiger partial charge is 0.469 e. The van der Waals surface area contributed by atoms with Crippen LogP contribution in [0.1, 0.15) is 117 Å². The maximum Gasteiger partial charge on any atom is 0.305 e. The molecule has 0 N–H and O–H groups in total. The number of hydrogen-bond acceptors (Lipinski definition) is 4. The molecule has 4 nitrogen and oxygen atoms in total. The molecular weight excluding hydrogens is 328 g/mol. The van der Waals surface area contributed by atoms with Crippen LogP contribution in [-0.4, -0.2) is 26.2 Å². The number of esters is 2. The Labute approximate surface area is 162 Å². The molecule has 0 aromatic rings. The summed E-state index contributed by atoms with van der Waals surface area (Å²) in [5.74, 6) is -0.153. The summed E-state index contributed by atoms with van der Waals surface area (Å²) in [6, 6.07) is 0. The minimum Gasteiger partial charge on any atom is -0.469 e. The van der Waals surface area contributed by atoms with E-state index in [1.54, 1.807) is 0 Å². The fraction of sp³-hybridized carbons (Fsp3) is 0.909. The van der Waals surface area contributed by atoms with Gasteiger partial charge < -0.3 is 9.47 Å². The summed E-state index contributed by atoms with van der Waals surface area (Å²) in [5.41, 5.74) is 0. The fourth-order valence-corrected chi connectivity index (χ4v) is 2.66. The quantitative estimate of drug-likeness (QED) is 0.226. The van der Waals surface area contributed by atoms with Gasteiger partial charge in [0, 0.05) is 12.8 Å². The molecule has 4 heteroatoms. The molecule has 0 rings (SSSR count). The summed E-state index contributed by atoms with van der Waals surface area (Å²) in [6.07, 6.45) is 18.6. The molecule has 0 heterocycles. The Morgan fingerprint density at radius 2 is 0.769 bits per heavy atom. The Kier molecular flexibility index (Phi) is 25.0. The van der Waals surface area contributed by atoms with E-state index in [0.717, 1.165) is 19.3 Å². The van der Waals surface area contributed by atoms with Crippen LogP contribution in [0.3, 0.4) is 0 Å². The maximum absolute atomic E-state index is 10.8. The van der Waals surface area contributed by atoms with Gasteiger partial charge in [-0.1, -0.05) is 90.9 Å². The Balaban J connectivity index is 0. The summed E-state index contributed by atoms with van der Waals surface area (Å²) in [5, 5.41) is 0. The molecular formula is C22H44O4. The summed E-state index contributed by atoms with van der Waals surface area (Å²) < 4.78 is 9.10. The van der Waals surface area contributed by atoms with Crippen LogP contribution in [-0.2, 0) is 19.1 Å². The minimum atomic E-state index is -0.0819. The lowest BCUT2D eigenvalue weighted by Gasteiger charge is -2.01. The molecule has 0 aromatic carbocycles. The van der Waals surface area contributed by atoms with E-state index in [2.05, 4.69) is 23.3 Å². The van der Waals surface area contributed by atoms with Crippen molar-refractivity contribution >= 4 is 11.9 Å². The lowest BCUT2D eigenvalue weighted by molar-refractivity contribution is -0.141. The van der Waals surface area contributed by atoms with E-state index in [9.17, 15) is 9.59 Å². The standard InChI is InChI=1S/C13H26O2.C9H18O2/c1-3-4-5-6-7-8-9-10-11-12-13(14)15-2;1-3-4-5-6-7-8-9(10)11-2/h3-12H2,1-2H3;3-8H2,1-2H3. The lowest BCUT2D eigenvalue weighted by Crippen LogP contribution is -1.99. The second-order valence-electron chi connectivity index (χ2n) is 6.89. The Hall–Kier alpha value is -1.06. The first-order valence-corrected chi connectivity index (χ1v) is 10.8. The van der Waals surface area contributed by atoms with Gasteiger partial charge in [0.25, 0.3) is 0 Å². The van der Waals surface area contributed by atoms with Gasteiger partial charge >= 0.3 is 11.9 Å². The van der Waals surface area contributed by atoms with Crippen molar-refractivity contribution in [2.75, 3.05) is 14.2 Å². The van der Waals surface area contributed by atoms with Crippen LogP contribution in [0.5, 0.6) is 0 Å². The molecule has 0 bridgehead atoms. The highest BCUT2D eigenvalue weighted by Gasteiger charge is 1.99. The van der Waals surface area contributed by atoms with E-state index >= 15 is 0 Å². The molecule has 26 heavy (non-hydrogen) atoms. The van der Waals surface area contributed by atoms with Crippen molar-refractivity contribution in [3.8, 4) is 0 Å². The van der Waals surface area contributed by atoms with Crippen molar-refractivity contribution in [2.24, 2.45) is 0 Å². The second-order valence-corrected chi connectivity index (χ2v) is 6.89. The van der Waals surface area contributed by atoms with E-state index < -0.39 is 0 Å². The highest BCUT2D eigenvalue weighted by atomic mass is 16.5. The molecule has 0 saturated carbocycles. The van der Waals surface area contributed by atoms with E-state index in [-0.39, 0.29) is 11.9 Å². The lowest BCUT2D eigenvalue weighted by atomic mass is 10.1. The predicted molar refractivity (Wildman–Crippen MR) is 109 cm³/mol. The molecule has 156 valence electrons. The van der Waals surface area contributed by atoms with Crippen molar-refractivity contribution < 1.29 is 19.1 Å². The van der Waals surface area contributed by atoms with Gasteiger partial charge in [0.15, 0.2) is 0 Å². The molecule has 0 aliphatic heterocycles. The average Bonchev–Trinajstić information content (AvgIpc) is 2.66. The molecule has 0 fully saturated rings. The van der Waals surface area contributed by atoms with E-state index in [4.69, 9.17) is 0 Å². The van der Waals surface area contributed by atoms with E-state index in [0.29, 0.717) is 12.8 Å². The van der Waals surface area contributed by atoms with Gasteiger partial charge in [-0.15, -0.1) is 0 Å². The zero-order valence-corrected chi connectivity index (χ0v) is 17.9. The summed E-state index contributed by atoms with van der Waals surface area (Å²) in [7, 11) is 2.89. The first kappa shape index (κ1) is 27.2. The number of unbranched alkanes of at least 4 members (excludes halogenated alkanes) is 12. The second kappa shape index (κ2) is 23.9. The SMILES string of the molecule is CCCCCCCC(=O)OC.CCCCCCCCCCCC(=O)OC. The van der Waals surface area contributed by atoms with E-state index in [1.165, 1.54) is 84.8 Å². The van der Waals surface area contributed by atoms with Crippen LogP contribution in [0.2, 0.25) is 0 Å². The number of hydrogen-bond donors (Lipinski definition) is 0. The first-order valence-electron chi connectivity index (χ1n) is 10.8. The average molecular weight is 373 g/mol. The van der Waals surface area contributed by atoms with Crippen LogP contribution in [0.4, 0.5) is 0 Å². The maximum atomic E-state index is 10.8. The molecule has 0 spiro atoms. The zero-order valence-electron chi connectivity index (χ0n) is 17.9. The summed E-state index contributed by atoms with van der Waals surface area (Å²) in [4.78, 5) is 21.4. The van der Waals surface area contributed by atoms with Gasteiger partial charge in [0.1, 0.15) is 0 Å². The summed E-state index contributed by atoms with van der Waals surface area (Å²) >= 11 is 0. The van der Waals surface area contributed by atoms with Crippen LogP contribution in [0, 0.1) is 0 Å². The highest BCUT2D eigenvalue weighted by Crippen LogP contribution is 2.10. The van der Waals surface area contributed by atoms with Gasteiger partial charge in [-0.05, 0) is 12.8 Å². The Morgan fingerprint density at radius 1 is 0.500 bits per heavy atom. The molecule has 0 saturated heterocycles. The fourth-order valence-electron chi connectivity index (χ4n) is 2.66. The molecule has 0 aromatic heterocycles. The number of carbonyl (C=O) groups excluding carboxylic acids is 2. The monoisotopic (exact) mass is 372 g/mol. The number of methoxy groups -OCH3 is 2. The molecule has 0 aliphatic carbocycles. The van der Waals surface area contributed by atoms with Gasteiger partial charge in [-0.2, -0.15) is 0 Å². The smallest absolute Gasteiger partial charge is 0.305 e. The third-order valence-corrected chi connectivity index (χ3v) is 4.42. The number of rotatable bonds is 16. The Morgan fingerprint density at radius 3 is 1.04 bits per heavy atom. The third-order valence-electron chi connectivity index (χ3n) is 4.42. The van der Waals surface area contributed by atoms with Gasteiger partial charge in [0.2, 0.25) is 0 Å². The van der Waals surface area contributed by atoms with E-state index in [1.807, 2.05) is 0 Å². The molecule has 0 radical (unpaired) electrons. The van der Waals surface area contributed by atoms with Crippen LogP contribution >= 0.6 is 0 Å². The summed E-state index contributed by atoms with van der Waals surface area (Å²) in [6.45, 7) is 4.42. The highest BCUT2D eigenvalue weighted by molar-refractivity contribution is 5.69. The normalized spacial score (nSPS) is 10.0. The third kappa shape index (κ3) is 25.2. The van der Waals surface area contributed by atoms with Crippen molar-refractivity contribution in [2.45, 2.75) is 117 Å². The molecule has 0 atom stereocenters.